The van der Waals surface area contributed by atoms with Crippen molar-refractivity contribution in [3.8, 4) is 0 Å². The molecule has 16 heavy (non-hydrogen) atoms. The van der Waals surface area contributed by atoms with Gasteiger partial charge in [-0.15, -0.1) is 6.58 Å². The van der Waals surface area contributed by atoms with Crippen molar-refractivity contribution in [2.45, 2.75) is 51.9 Å². The summed E-state index contributed by atoms with van der Waals surface area (Å²) in [5.74, 6) is 0.366. The lowest BCUT2D eigenvalue weighted by molar-refractivity contribution is -0.119. The molecule has 0 aromatic carbocycles. The number of rotatable bonds is 10. The Kier molecular flexibility index (Phi) is 9.58. The molecule has 0 N–H and O–H groups in total. The van der Waals surface area contributed by atoms with Crippen molar-refractivity contribution in [3.05, 3.63) is 24.8 Å². The van der Waals surface area contributed by atoms with E-state index in [1.54, 1.807) is 6.08 Å². The molecule has 0 rings (SSSR count). The highest BCUT2D eigenvalue weighted by atomic mass is 16.1. The number of ketones is 2. The second kappa shape index (κ2) is 10.3. The first-order chi connectivity index (χ1) is 7.70. The van der Waals surface area contributed by atoms with Gasteiger partial charge >= 0.3 is 0 Å². The molecule has 0 amide bonds. The fourth-order valence-corrected chi connectivity index (χ4v) is 1.31. The molecule has 90 valence electrons. The smallest absolute Gasteiger partial charge is 0.155 e. The lowest BCUT2D eigenvalue weighted by Gasteiger charge is -1.95. The summed E-state index contributed by atoms with van der Waals surface area (Å²) >= 11 is 0. The zero-order valence-corrected chi connectivity index (χ0v) is 10.2. The van der Waals surface area contributed by atoms with Gasteiger partial charge in [0.25, 0.3) is 0 Å². The molecule has 0 aliphatic heterocycles. The number of allylic oxidation sites excluding steroid dienone is 3. The molecule has 0 spiro atoms. The van der Waals surface area contributed by atoms with Gasteiger partial charge in [0.05, 0.1) is 0 Å². The Morgan fingerprint density at radius 1 is 1.12 bits per heavy atom. The van der Waals surface area contributed by atoms with Crippen molar-refractivity contribution in [3.63, 3.8) is 0 Å². The summed E-state index contributed by atoms with van der Waals surface area (Å²) < 4.78 is 0. The summed E-state index contributed by atoms with van der Waals surface area (Å²) in [4.78, 5) is 22.3. The van der Waals surface area contributed by atoms with Crippen molar-refractivity contribution < 1.29 is 9.59 Å². The van der Waals surface area contributed by atoms with Gasteiger partial charge in [-0.2, -0.15) is 0 Å². The predicted molar refractivity (Wildman–Crippen MR) is 67.3 cm³/mol. The van der Waals surface area contributed by atoms with Gasteiger partial charge < -0.3 is 0 Å². The number of hydrogen-bond donors (Lipinski definition) is 0. The lowest BCUT2D eigenvalue weighted by atomic mass is 10.1. The van der Waals surface area contributed by atoms with Crippen molar-refractivity contribution in [1.29, 1.82) is 0 Å². The van der Waals surface area contributed by atoms with Crippen molar-refractivity contribution in [1.82, 2.24) is 0 Å². The molecule has 2 heteroatoms. The summed E-state index contributed by atoms with van der Waals surface area (Å²) in [5, 5.41) is 0. The van der Waals surface area contributed by atoms with E-state index >= 15 is 0 Å². The highest BCUT2D eigenvalue weighted by Gasteiger charge is 2.00. The largest absolute Gasteiger partial charge is 0.300 e. The Labute approximate surface area is 98.4 Å². The van der Waals surface area contributed by atoms with Crippen molar-refractivity contribution in [2.24, 2.45) is 0 Å². The molecule has 0 fully saturated rings. The fourth-order valence-electron chi connectivity index (χ4n) is 1.31. The van der Waals surface area contributed by atoms with Crippen LogP contribution in [0.15, 0.2) is 24.8 Å². The second-order valence-corrected chi connectivity index (χ2v) is 3.83. The molecule has 0 aliphatic carbocycles. The first-order valence-corrected chi connectivity index (χ1v) is 6.02. The SMILES string of the molecule is C=CCCC/C=C/C(=O)CCCC(=O)CC. The Morgan fingerprint density at radius 3 is 2.50 bits per heavy atom. The number of carbonyl (C=O) groups excluding carboxylic acids is 2. The first-order valence-electron chi connectivity index (χ1n) is 6.02. The fraction of sp³-hybridized carbons (Fsp3) is 0.571. The van der Waals surface area contributed by atoms with Crippen LogP contribution >= 0.6 is 0 Å². The lowest BCUT2D eigenvalue weighted by Crippen LogP contribution is -1.98. The van der Waals surface area contributed by atoms with Crippen LogP contribution in [0.4, 0.5) is 0 Å². The quantitative estimate of drug-likeness (QED) is 0.321. The Hall–Kier alpha value is -1.18. The van der Waals surface area contributed by atoms with Crippen LogP contribution in [0.5, 0.6) is 0 Å². The molecule has 0 radical (unpaired) electrons. The summed E-state index contributed by atoms with van der Waals surface area (Å²) in [6, 6.07) is 0. The van der Waals surface area contributed by atoms with Crippen molar-refractivity contribution in [2.75, 3.05) is 0 Å². The van der Waals surface area contributed by atoms with Crippen LogP contribution in [-0.4, -0.2) is 11.6 Å². The zero-order valence-electron chi connectivity index (χ0n) is 10.2. The van der Waals surface area contributed by atoms with Crippen LogP contribution in [0.1, 0.15) is 51.9 Å². The molecule has 0 unspecified atom stereocenters. The topological polar surface area (TPSA) is 34.1 Å². The van der Waals surface area contributed by atoms with E-state index in [1.807, 2.05) is 19.1 Å². The van der Waals surface area contributed by atoms with Gasteiger partial charge in [0, 0.05) is 19.3 Å². The zero-order chi connectivity index (χ0) is 12.2. The first kappa shape index (κ1) is 14.8. The third-order valence-electron chi connectivity index (χ3n) is 2.36. The van der Waals surface area contributed by atoms with E-state index in [1.165, 1.54) is 0 Å². The highest BCUT2D eigenvalue weighted by molar-refractivity contribution is 5.90. The van der Waals surface area contributed by atoms with Gasteiger partial charge in [0.1, 0.15) is 5.78 Å². The molecular weight excluding hydrogens is 200 g/mol. The van der Waals surface area contributed by atoms with E-state index in [9.17, 15) is 9.59 Å². The van der Waals surface area contributed by atoms with Gasteiger partial charge in [-0.3, -0.25) is 9.59 Å². The van der Waals surface area contributed by atoms with E-state index in [0.29, 0.717) is 25.7 Å². The molecule has 0 aromatic rings. The Morgan fingerprint density at radius 2 is 1.88 bits per heavy atom. The van der Waals surface area contributed by atoms with Gasteiger partial charge in [-0.1, -0.05) is 19.1 Å². The second-order valence-electron chi connectivity index (χ2n) is 3.83. The minimum absolute atomic E-state index is 0.127. The van der Waals surface area contributed by atoms with Crippen LogP contribution in [0.25, 0.3) is 0 Å². The highest BCUT2D eigenvalue weighted by Crippen LogP contribution is 2.02. The van der Waals surface area contributed by atoms with Crippen LogP contribution in [0, 0.1) is 0 Å². The van der Waals surface area contributed by atoms with E-state index in [-0.39, 0.29) is 11.6 Å². The third kappa shape index (κ3) is 9.38. The van der Waals surface area contributed by atoms with E-state index in [4.69, 9.17) is 0 Å². The molecule has 2 nitrogen and oxygen atoms in total. The summed E-state index contributed by atoms with van der Waals surface area (Å²) in [5.41, 5.74) is 0. The van der Waals surface area contributed by atoms with Gasteiger partial charge in [-0.05, 0) is 31.8 Å². The van der Waals surface area contributed by atoms with E-state index in [0.717, 1.165) is 19.3 Å². The molecule has 0 aliphatic rings. The predicted octanol–water partition coefficient (Wildman–Crippen LogP) is 3.62. The number of carbonyl (C=O) groups is 2. The average molecular weight is 222 g/mol. The number of hydrogen-bond acceptors (Lipinski definition) is 2. The van der Waals surface area contributed by atoms with Crippen LogP contribution in [0.2, 0.25) is 0 Å². The summed E-state index contributed by atoms with van der Waals surface area (Å²) in [7, 11) is 0. The standard InChI is InChI=1S/C14H22O2/c1-3-5-6-7-8-10-14(16)12-9-11-13(15)4-2/h3,8,10H,1,4-7,9,11-12H2,2H3/b10-8+. The van der Waals surface area contributed by atoms with E-state index in [2.05, 4.69) is 6.58 Å². The van der Waals surface area contributed by atoms with E-state index < -0.39 is 0 Å². The monoisotopic (exact) mass is 222 g/mol. The van der Waals surface area contributed by atoms with Crippen LogP contribution in [-0.2, 0) is 9.59 Å². The van der Waals surface area contributed by atoms with Crippen LogP contribution in [0.3, 0.4) is 0 Å². The maximum atomic E-state index is 11.3. The molecule has 0 saturated carbocycles. The maximum absolute atomic E-state index is 11.3. The average Bonchev–Trinajstić information content (AvgIpc) is 2.28. The molecule has 0 aromatic heterocycles. The van der Waals surface area contributed by atoms with Gasteiger partial charge in [0.15, 0.2) is 5.78 Å². The molecule has 0 heterocycles. The van der Waals surface area contributed by atoms with Gasteiger partial charge in [-0.25, -0.2) is 0 Å². The molecule has 0 saturated heterocycles. The molecule has 0 bridgehead atoms. The third-order valence-corrected chi connectivity index (χ3v) is 2.36. The molecular formula is C14H22O2. The maximum Gasteiger partial charge on any atom is 0.155 e. The summed E-state index contributed by atoms with van der Waals surface area (Å²) in [6.07, 6.45) is 10.7. The minimum atomic E-state index is 0.127. The number of Topliss-reactive ketones (excluding diaryl/α,β-unsaturated/α-hetero) is 1. The Balaban J connectivity index is 3.50. The van der Waals surface area contributed by atoms with Gasteiger partial charge in [0.2, 0.25) is 0 Å². The Bertz CT molecular complexity index is 251. The number of unbranched alkanes of at least 4 members (excludes halogenated alkanes) is 2. The van der Waals surface area contributed by atoms with Crippen LogP contribution < -0.4 is 0 Å². The normalized spacial score (nSPS) is 10.6. The molecule has 0 atom stereocenters. The summed E-state index contributed by atoms with van der Waals surface area (Å²) in [6.45, 7) is 5.49. The minimum Gasteiger partial charge on any atom is -0.300 e. The van der Waals surface area contributed by atoms with Crippen molar-refractivity contribution >= 4 is 11.6 Å².